The van der Waals surface area contributed by atoms with Gasteiger partial charge in [0, 0.05) is 0 Å². The second-order valence-electron chi connectivity index (χ2n) is 2.37. The van der Waals surface area contributed by atoms with Gasteiger partial charge in [-0.05, 0) is 0 Å². The number of carboxylic acids is 1. The molecule has 0 aromatic carbocycles. The Kier molecular flexibility index (Phi) is 8.16. The summed E-state index contributed by atoms with van der Waals surface area (Å²) >= 11 is 0. The van der Waals surface area contributed by atoms with Crippen LogP contribution in [0, 0.1) is 0 Å². The van der Waals surface area contributed by atoms with Gasteiger partial charge in [-0.25, -0.2) is 0 Å². The molecule has 0 radical (unpaired) electrons. The molecule has 0 unspecified atom stereocenters. The molecular weight excluding hydrogens is 292 g/mol. The van der Waals surface area contributed by atoms with Crippen molar-refractivity contribution in [3.8, 4) is 0 Å². The maximum atomic E-state index is 9.95. The zero-order chi connectivity index (χ0) is 10.6. The van der Waals surface area contributed by atoms with Crippen LogP contribution < -0.4 is 5.11 Å². The number of carbonyl (C=O) groups excluding carboxylic acids is 2. The van der Waals surface area contributed by atoms with Crippen LogP contribution in [-0.4, -0.2) is 57.1 Å². The van der Waals surface area contributed by atoms with Crippen molar-refractivity contribution in [1.82, 2.24) is 0 Å². The van der Waals surface area contributed by atoms with Crippen molar-refractivity contribution in [2.75, 3.05) is 0 Å². The number of aliphatic hydroxyl groups is 4. The molecule has 0 rings (SSSR count). The summed E-state index contributed by atoms with van der Waals surface area (Å²) < 4.78 is 0. The summed E-state index contributed by atoms with van der Waals surface area (Å²) in [7, 11) is 0. The van der Waals surface area contributed by atoms with Gasteiger partial charge in [-0.3, -0.25) is 0 Å². The first-order valence-corrected chi connectivity index (χ1v) is 3.30. The summed E-state index contributed by atoms with van der Waals surface area (Å²) in [4.78, 5) is 19.8. The van der Waals surface area contributed by atoms with E-state index in [1.807, 2.05) is 0 Å². The molecule has 0 fully saturated rings. The number of hydrogen-bond acceptors (Lipinski definition) is 7. The van der Waals surface area contributed by atoms with Crippen LogP contribution in [0.3, 0.4) is 0 Å². The van der Waals surface area contributed by atoms with Gasteiger partial charge in [0.05, 0.1) is 5.97 Å². The predicted molar refractivity (Wildman–Crippen MR) is 35.1 cm³/mol. The van der Waals surface area contributed by atoms with E-state index in [1.165, 1.54) is 0 Å². The van der Waals surface area contributed by atoms with Crippen LogP contribution in [0.15, 0.2) is 0 Å². The zero-order valence-corrected chi connectivity index (χ0v) is 8.18. The molecule has 0 amide bonds. The Morgan fingerprint density at radius 2 is 1.57 bits per heavy atom. The minimum absolute atomic E-state index is 0. The maximum Gasteiger partial charge on any atom is 1.00 e. The smallest absolute Gasteiger partial charge is 0.547 e. The Hall–Kier alpha value is -0.280. The fourth-order valence-electron chi connectivity index (χ4n) is 0.609. The number of aliphatic hydroxyl groups excluding tert-OH is 4. The second kappa shape index (κ2) is 7.07. The van der Waals surface area contributed by atoms with Crippen LogP contribution in [0.4, 0.5) is 0 Å². The van der Waals surface area contributed by atoms with Gasteiger partial charge >= 0.3 is 22.4 Å². The number of carbonyl (C=O) groups is 2. The minimum Gasteiger partial charge on any atom is -0.547 e. The summed E-state index contributed by atoms with van der Waals surface area (Å²) in [6, 6.07) is 0. The topological polar surface area (TPSA) is 138 Å². The summed E-state index contributed by atoms with van der Waals surface area (Å²) in [5.74, 6) is -2.01. The Labute approximate surface area is 94.5 Å². The molecule has 14 heavy (non-hydrogen) atoms. The SMILES string of the molecule is O=C[C@H](O)[C@@H](O)[C@H](O)[C@H](O)C(=O)[O-].[Ag+]. The van der Waals surface area contributed by atoms with Gasteiger partial charge in [-0.15, -0.1) is 0 Å². The normalized spacial score (nSPS) is 18.6. The molecule has 7 nitrogen and oxygen atoms in total. The fourth-order valence-corrected chi connectivity index (χ4v) is 0.609. The van der Waals surface area contributed by atoms with Crippen LogP contribution >= 0.6 is 0 Å². The van der Waals surface area contributed by atoms with Gasteiger partial charge in [-0.2, -0.15) is 0 Å². The Morgan fingerprint density at radius 1 is 1.14 bits per heavy atom. The van der Waals surface area contributed by atoms with E-state index >= 15 is 0 Å². The number of hydrogen-bond donors (Lipinski definition) is 4. The molecule has 4 N–H and O–H groups in total. The average molecular weight is 301 g/mol. The number of carboxylic acid groups (broad SMARTS) is 1. The summed E-state index contributed by atoms with van der Waals surface area (Å²) in [6.45, 7) is 0. The van der Waals surface area contributed by atoms with Crippen molar-refractivity contribution in [2.24, 2.45) is 0 Å². The number of aliphatic carboxylic acids is 1. The summed E-state index contributed by atoms with van der Waals surface area (Å²) in [5.41, 5.74) is 0. The maximum absolute atomic E-state index is 9.95. The third-order valence-corrected chi connectivity index (χ3v) is 1.40. The van der Waals surface area contributed by atoms with Gasteiger partial charge in [0.25, 0.3) is 0 Å². The minimum atomic E-state index is -2.36. The van der Waals surface area contributed by atoms with Gasteiger partial charge in [0.1, 0.15) is 24.4 Å². The molecule has 8 heteroatoms. The molecule has 0 spiro atoms. The first-order valence-electron chi connectivity index (χ1n) is 3.30. The molecule has 0 saturated heterocycles. The standard InChI is InChI=1S/C6H10O7.Ag/c7-1-2(8)3(9)4(10)5(11)6(12)13;/h1-5,8-11H,(H,12,13);/q;+1/p-1/t2-,3+,4-,5-;/m0./s1. The van der Waals surface area contributed by atoms with E-state index in [0.29, 0.717) is 0 Å². The van der Waals surface area contributed by atoms with E-state index in [9.17, 15) is 14.7 Å². The summed E-state index contributed by atoms with van der Waals surface area (Å²) in [6.07, 6.45) is -8.65. The summed E-state index contributed by atoms with van der Waals surface area (Å²) in [5, 5.41) is 44.8. The Bertz CT molecular complexity index is 197. The molecule has 0 aliphatic carbocycles. The molecule has 0 bridgehead atoms. The van der Waals surface area contributed by atoms with Gasteiger partial charge in [-0.1, -0.05) is 0 Å². The molecule has 0 aliphatic heterocycles. The van der Waals surface area contributed by atoms with E-state index in [0.717, 1.165) is 0 Å². The number of rotatable bonds is 5. The monoisotopic (exact) mass is 300 g/mol. The van der Waals surface area contributed by atoms with Gasteiger partial charge in [0.2, 0.25) is 0 Å². The van der Waals surface area contributed by atoms with E-state index in [4.69, 9.17) is 20.4 Å². The van der Waals surface area contributed by atoms with Crippen LogP contribution in [-0.2, 0) is 32.0 Å². The largest absolute Gasteiger partial charge is 1.00 e. The third-order valence-electron chi connectivity index (χ3n) is 1.40. The number of aldehydes is 1. The van der Waals surface area contributed by atoms with Gasteiger partial charge in [0.15, 0.2) is 6.29 Å². The van der Waals surface area contributed by atoms with E-state index in [2.05, 4.69) is 0 Å². The van der Waals surface area contributed by atoms with E-state index in [1.54, 1.807) is 0 Å². The fraction of sp³-hybridized carbons (Fsp3) is 0.667. The Balaban J connectivity index is 0. The first-order chi connectivity index (χ1) is 5.91. The third kappa shape index (κ3) is 4.29. The van der Waals surface area contributed by atoms with Crippen LogP contribution in [0.5, 0.6) is 0 Å². The average Bonchev–Trinajstić information content (AvgIpc) is 2.12. The molecule has 4 atom stereocenters. The van der Waals surface area contributed by atoms with E-state index < -0.39 is 30.4 Å². The van der Waals surface area contributed by atoms with Crippen molar-refractivity contribution in [2.45, 2.75) is 24.4 Å². The molecule has 0 aliphatic rings. The molecule has 0 aromatic heterocycles. The molecule has 0 saturated carbocycles. The quantitative estimate of drug-likeness (QED) is 0.296. The van der Waals surface area contributed by atoms with Crippen LogP contribution in [0.2, 0.25) is 0 Å². The second-order valence-corrected chi connectivity index (χ2v) is 2.37. The first kappa shape index (κ1) is 16.2. The zero-order valence-electron chi connectivity index (χ0n) is 6.70. The van der Waals surface area contributed by atoms with Crippen molar-refractivity contribution in [3.05, 3.63) is 0 Å². The molecular formula is C6H9AgO7. The van der Waals surface area contributed by atoms with Crippen LogP contribution in [0.1, 0.15) is 0 Å². The van der Waals surface area contributed by atoms with Crippen molar-refractivity contribution in [3.63, 3.8) is 0 Å². The van der Waals surface area contributed by atoms with E-state index in [-0.39, 0.29) is 28.7 Å². The molecule has 0 heterocycles. The van der Waals surface area contributed by atoms with Crippen molar-refractivity contribution < 1.29 is 57.5 Å². The van der Waals surface area contributed by atoms with Gasteiger partial charge < -0.3 is 35.1 Å². The molecule has 0 aromatic rings. The predicted octanol–water partition coefficient (Wildman–Crippen LogP) is -4.62. The van der Waals surface area contributed by atoms with Crippen molar-refractivity contribution >= 4 is 12.3 Å². The Morgan fingerprint density at radius 3 is 1.86 bits per heavy atom. The van der Waals surface area contributed by atoms with Crippen molar-refractivity contribution in [1.29, 1.82) is 0 Å². The van der Waals surface area contributed by atoms with Crippen LogP contribution in [0.25, 0.3) is 0 Å². The molecule has 86 valence electrons.